The summed E-state index contributed by atoms with van der Waals surface area (Å²) < 4.78 is 6.26. The van der Waals surface area contributed by atoms with Gasteiger partial charge < -0.3 is 19.4 Å². The molecular formula is C33H37ClN6O2. The molecule has 9 heteroatoms. The van der Waals surface area contributed by atoms with Crippen LogP contribution in [0.15, 0.2) is 43.0 Å². The van der Waals surface area contributed by atoms with Crippen molar-refractivity contribution in [3.8, 4) is 23.2 Å². The van der Waals surface area contributed by atoms with Gasteiger partial charge in [0.1, 0.15) is 12.4 Å². The molecule has 1 aromatic heterocycles. The number of aromatic nitrogens is 2. The number of piperazine rings is 1. The highest BCUT2D eigenvalue weighted by Gasteiger charge is 2.32. The molecule has 0 spiro atoms. The Kier molecular flexibility index (Phi) is 8.06. The van der Waals surface area contributed by atoms with Crippen molar-refractivity contribution >= 4 is 34.2 Å². The van der Waals surface area contributed by atoms with Crippen LogP contribution in [0.2, 0.25) is 5.02 Å². The summed E-state index contributed by atoms with van der Waals surface area (Å²) in [6, 6.07) is 13.2. The molecule has 6 rings (SSSR count). The number of carbonyl (C=O) groups is 1. The zero-order valence-corrected chi connectivity index (χ0v) is 25.1. The second-order valence-corrected chi connectivity index (χ2v) is 12.3. The van der Waals surface area contributed by atoms with Crippen molar-refractivity contribution in [2.45, 2.75) is 51.1 Å². The molecular weight excluding hydrogens is 548 g/mol. The molecule has 0 saturated carbocycles. The fourth-order valence-corrected chi connectivity index (χ4v) is 7.10. The molecule has 2 aromatic carbocycles. The highest BCUT2D eigenvalue weighted by molar-refractivity contribution is 6.34. The average Bonchev–Trinajstić information content (AvgIpc) is 3.59. The van der Waals surface area contributed by atoms with E-state index in [0.29, 0.717) is 55.1 Å². The summed E-state index contributed by atoms with van der Waals surface area (Å²) >= 11 is 7.03. The van der Waals surface area contributed by atoms with Crippen LogP contribution in [0.25, 0.3) is 22.0 Å². The molecule has 42 heavy (non-hydrogen) atoms. The normalized spacial score (nSPS) is 22.3. The number of ether oxygens (including phenoxy) is 1. The fraction of sp³-hybridized carbons (Fsp3) is 0.455. The molecule has 218 valence electrons. The van der Waals surface area contributed by atoms with E-state index in [-0.39, 0.29) is 18.4 Å². The number of benzene rings is 2. The highest BCUT2D eigenvalue weighted by atomic mass is 35.5. The van der Waals surface area contributed by atoms with Gasteiger partial charge in [0.15, 0.2) is 0 Å². The maximum atomic E-state index is 12.5. The van der Waals surface area contributed by atoms with E-state index in [4.69, 9.17) is 26.3 Å². The summed E-state index contributed by atoms with van der Waals surface area (Å²) in [7, 11) is 2.13. The molecule has 2 saturated heterocycles. The van der Waals surface area contributed by atoms with Gasteiger partial charge in [-0.05, 0) is 80.1 Å². The highest BCUT2D eigenvalue weighted by Crippen LogP contribution is 2.41. The van der Waals surface area contributed by atoms with Crippen LogP contribution in [0.5, 0.6) is 6.01 Å². The van der Waals surface area contributed by atoms with Gasteiger partial charge in [-0.25, -0.2) is 0 Å². The summed E-state index contributed by atoms with van der Waals surface area (Å²) in [5.41, 5.74) is 5.64. The van der Waals surface area contributed by atoms with Gasteiger partial charge in [-0.15, -0.1) is 0 Å². The number of likely N-dealkylation sites (tertiary alicyclic amines) is 1. The molecule has 0 bridgehead atoms. The lowest BCUT2D eigenvalue weighted by molar-refractivity contribution is -0.128. The van der Waals surface area contributed by atoms with E-state index in [9.17, 15) is 10.1 Å². The van der Waals surface area contributed by atoms with Gasteiger partial charge in [0.05, 0.1) is 24.0 Å². The summed E-state index contributed by atoms with van der Waals surface area (Å²) in [5.74, 6) is 1.16. The number of halogens is 1. The first-order valence-electron chi connectivity index (χ1n) is 14.9. The van der Waals surface area contributed by atoms with Crippen LogP contribution >= 0.6 is 11.6 Å². The van der Waals surface area contributed by atoms with Crippen molar-refractivity contribution in [1.29, 1.82) is 5.26 Å². The standard InChI is InChI=1S/C33H37ClN6O2/c1-4-31(41)40-14-13-39(19-23(40)10-11-35)32-28-17-29(34)27(25-9-5-7-22-15-21(2)16-26(22)25)18-30(28)36-33(37-32)42-20-24-8-6-12-38(24)3/h4-5,7,9,17-18,21,23-24H,1,6,8,10,12-16,19-20H2,2-3H3/t21?,23-,24-/m0/s1. The van der Waals surface area contributed by atoms with E-state index in [1.165, 1.54) is 17.2 Å². The molecule has 3 heterocycles. The Bertz CT molecular complexity index is 1570. The number of likely N-dealkylation sites (N-methyl/N-ethyl adjacent to an activating group) is 1. The largest absolute Gasteiger partial charge is 0.462 e. The van der Waals surface area contributed by atoms with Crippen molar-refractivity contribution in [2.24, 2.45) is 5.92 Å². The Hall–Kier alpha value is -3.67. The number of amides is 1. The topological polar surface area (TPSA) is 85.6 Å². The van der Waals surface area contributed by atoms with E-state index in [0.717, 1.165) is 54.3 Å². The molecule has 3 aromatic rings. The number of carbonyl (C=O) groups excluding carboxylic acids is 1. The van der Waals surface area contributed by atoms with Gasteiger partial charge in [0, 0.05) is 41.6 Å². The van der Waals surface area contributed by atoms with E-state index in [1.807, 2.05) is 6.07 Å². The lowest BCUT2D eigenvalue weighted by Crippen LogP contribution is -2.55. The van der Waals surface area contributed by atoms with Crippen LogP contribution in [0.4, 0.5) is 5.82 Å². The van der Waals surface area contributed by atoms with Crippen LogP contribution in [-0.2, 0) is 17.6 Å². The van der Waals surface area contributed by atoms with Crippen molar-refractivity contribution in [1.82, 2.24) is 19.8 Å². The first kappa shape index (κ1) is 28.4. The molecule has 2 aliphatic heterocycles. The Labute approximate surface area is 252 Å². The first-order valence-corrected chi connectivity index (χ1v) is 15.2. The molecule has 1 amide bonds. The Morgan fingerprint density at radius 2 is 2.05 bits per heavy atom. The number of hydrogen-bond acceptors (Lipinski definition) is 7. The smallest absolute Gasteiger partial charge is 0.319 e. The first-order chi connectivity index (χ1) is 20.4. The Morgan fingerprint density at radius 1 is 1.19 bits per heavy atom. The maximum absolute atomic E-state index is 12.5. The van der Waals surface area contributed by atoms with Crippen molar-refractivity contribution < 1.29 is 9.53 Å². The third-order valence-electron chi connectivity index (χ3n) is 9.07. The van der Waals surface area contributed by atoms with Gasteiger partial charge in [0.25, 0.3) is 0 Å². The van der Waals surface area contributed by atoms with E-state index in [1.54, 1.807) is 4.90 Å². The molecule has 3 aliphatic rings. The quantitative estimate of drug-likeness (QED) is 0.350. The van der Waals surface area contributed by atoms with Gasteiger partial charge in [0.2, 0.25) is 5.91 Å². The molecule has 0 N–H and O–H groups in total. The summed E-state index contributed by atoms with van der Waals surface area (Å²) in [4.78, 5) is 28.5. The third-order valence-corrected chi connectivity index (χ3v) is 9.38. The van der Waals surface area contributed by atoms with Crippen molar-refractivity contribution in [2.75, 3.05) is 44.7 Å². The van der Waals surface area contributed by atoms with Gasteiger partial charge >= 0.3 is 6.01 Å². The molecule has 1 unspecified atom stereocenters. The molecule has 2 fully saturated rings. The van der Waals surface area contributed by atoms with E-state index in [2.05, 4.69) is 60.7 Å². The average molecular weight is 585 g/mol. The zero-order valence-electron chi connectivity index (χ0n) is 24.4. The van der Waals surface area contributed by atoms with E-state index < -0.39 is 0 Å². The molecule has 1 aliphatic carbocycles. The zero-order chi connectivity index (χ0) is 29.4. The van der Waals surface area contributed by atoms with Crippen LogP contribution in [0, 0.1) is 17.2 Å². The number of rotatable bonds is 7. The SMILES string of the molecule is C=CC(=O)N1CCN(c2nc(OC[C@@H]3CCCN3C)nc3cc(-c4cccc5c4CC(C)C5)c(Cl)cc23)C[C@@H]1CC#N. The lowest BCUT2D eigenvalue weighted by Gasteiger charge is -2.41. The summed E-state index contributed by atoms with van der Waals surface area (Å²) in [6.45, 7) is 9.00. The number of nitriles is 1. The number of anilines is 1. The van der Waals surface area contributed by atoms with Crippen LogP contribution in [-0.4, -0.2) is 77.6 Å². The molecule has 3 atom stereocenters. The van der Waals surface area contributed by atoms with Crippen molar-refractivity contribution in [3.05, 3.63) is 59.1 Å². The van der Waals surface area contributed by atoms with Gasteiger partial charge in [-0.3, -0.25) is 4.79 Å². The Balaban J connectivity index is 1.42. The third kappa shape index (κ3) is 5.44. The minimum absolute atomic E-state index is 0.162. The molecule has 0 radical (unpaired) electrons. The number of nitrogens with zero attached hydrogens (tertiary/aromatic N) is 6. The fourth-order valence-electron chi connectivity index (χ4n) is 6.84. The number of fused-ring (bicyclic) bond motifs is 2. The minimum Gasteiger partial charge on any atom is -0.462 e. The van der Waals surface area contributed by atoms with Gasteiger partial charge in [-0.2, -0.15) is 15.2 Å². The van der Waals surface area contributed by atoms with Crippen LogP contribution in [0.1, 0.15) is 37.3 Å². The summed E-state index contributed by atoms with van der Waals surface area (Å²) in [6.07, 6.45) is 5.89. The van der Waals surface area contributed by atoms with E-state index >= 15 is 0 Å². The lowest BCUT2D eigenvalue weighted by atomic mass is 9.95. The summed E-state index contributed by atoms with van der Waals surface area (Å²) in [5, 5.41) is 11.0. The van der Waals surface area contributed by atoms with Gasteiger partial charge in [-0.1, -0.05) is 43.3 Å². The van der Waals surface area contributed by atoms with Crippen LogP contribution in [0.3, 0.4) is 0 Å². The number of hydrogen-bond donors (Lipinski definition) is 0. The van der Waals surface area contributed by atoms with Crippen molar-refractivity contribution in [3.63, 3.8) is 0 Å². The second kappa shape index (κ2) is 11.9. The minimum atomic E-state index is -0.278. The second-order valence-electron chi connectivity index (χ2n) is 11.9. The molecule has 8 nitrogen and oxygen atoms in total. The maximum Gasteiger partial charge on any atom is 0.319 e. The Morgan fingerprint density at radius 3 is 2.81 bits per heavy atom. The van der Waals surface area contributed by atoms with Crippen LogP contribution < -0.4 is 9.64 Å². The monoisotopic (exact) mass is 584 g/mol. The predicted octanol–water partition coefficient (Wildman–Crippen LogP) is 5.27. The predicted molar refractivity (Wildman–Crippen MR) is 166 cm³/mol.